The minimum Gasteiger partial charge on any atom is -0.494 e. The van der Waals surface area contributed by atoms with Gasteiger partial charge in [-0.05, 0) is 49.8 Å². The molecule has 1 aliphatic carbocycles. The van der Waals surface area contributed by atoms with Gasteiger partial charge < -0.3 is 14.6 Å². The van der Waals surface area contributed by atoms with Crippen LogP contribution >= 0.6 is 15.9 Å². The molecule has 1 aliphatic heterocycles. The Morgan fingerprint density at radius 1 is 1.40 bits per heavy atom. The fourth-order valence-electron chi connectivity index (χ4n) is 3.19. The van der Waals surface area contributed by atoms with Crippen molar-refractivity contribution in [2.45, 2.75) is 31.8 Å². The molecule has 2 fully saturated rings. The first kappa shape index (κ1) is 14.4. The standard InChI is InChI=1S/C16H21BrO3/c17-13-2-1-3-14(10-13)19-8-6-16(11-18)7-9-20-15(16)12-4-5-12/h1-3,10,12,15,18H,4-9,11H2. The molecule has 0 aromatic heterocycles. The van der Waals surface area contributed by atoms with Crippen LogP contribution in [-0.4, -0.2) is 31.0 Å². The van der Waals surface area contributed by atoms with Gasteiger partial charge >= 0.3 is 0 Å². The minimum absolute atomic E-state index is 0.0901. The maximum atomic E-state index is 9.86. The summed E-state index contributed by atoms with van der Waals surface area (Å²) in [6, 6.07) is 7.87. The van der Waals surface area contributed by atoms with Crippen molar-refractivity contribution in [1.29, 1.82) is 0 Å². The first-order valence-corrected chi connectivity index (χ1v) is 8.14. The highest BCUT2D eigenvalue weighted by Crippen LogP contribution is 2.49. The molecule has 3 rings (SSSR count). The summed E-state index contributed by atoms with van der Waals surface area (Å²) in [4.78, 5) is 0. The number of hydrogen-bond donors (Lipinski definition) is 1. The lowest BCUT2D eigenvalue weighted by atomic mass is 9.77. The molecule has 1 heterocycles. The SMILES string of the molecule is OCC1(CCOc2cccc(Br)c2)CCOC1C1CC1. The molecule has 4 heteroatoms. The Labute approximate surface area is 128 Å². The van der Waals surface area contributed by atoms with Gasteiger partial charge in [0.05, 0.1) is 19.3 Å². The molecule has 0 spiro atoms. The number of aliphatic hydroxyl groups excluding tert-OH is 1. The van der Waals surface area contributed by atoms with Crippen LogP contribution in [0.25, 0.3) is 0 Å². The lowest BCUT2D eigenvalue weighted by Crippen LogP contribution is -2.37. The van der Waals surface area contributed by atoms with Gasteiger partial charge in [-0.2, -0.15) is 0 Å². The minimum atomic E-state index is -0.0901. The van der Waals surface area contributed by atoms with Gasteiger partial charge in [0.15, 0.2) is 0 Å². The van der Waals surface area contributed by atoms with Crippen molar-refractivity contribution in [2.75, 3.05) is 19.8 Å². The van der Waals surface area contributed by atoms with E-state index in [2.05, 4.69) is 15.9 Å². The maximum Gasteiger partial charge on any atom is 0.120 e. The van der Waals surface area contributed by atoms with Crippen LogP contribution in [0.3, 0.4) is 0 Å². The molecule has 0 bridgehead atoms. The monoisotopic (exact) mass is 340 g/mol. The van der Waals surface area contributed by atoms with E-state index < -0.39 is 0 Å². The van der Waals surface area contributed by atoms with Crippen molar-refractivity contribution in [3.05, 3.63) is 28.7 Å². The second kappa shape index (κ2) is 6.04. The molecular weight excluding hydrogens is 320 g/mol. The Kier molecular flexibility index (Phi) is 4.34. The molecule has 0 radical (unpaired) electrons. The molecule has 2 atom stereocenters. The quantitative estimate of drug-likeness (QED) is 0.862. The average molecular weight is 341 g/mol. The van der Waals surface area contributed by atoms with Crippen molar-refractivity contribution < 1.29 is 14.6 Å². The van der Waals surface area contributed by atoms with Crippen LogP contribution in [0.1, 0.15) is 25.7 Å². The van der Waals surface area contributed by atoms with Gasteiger partial charge in [0.2, 0.25) is 0 Å². The van der Waals surface area contributed by atoms with E-state index in [-0.39, 0.29) is 18.1 Å². The third-order valence-electron chi connectivity index (χ3n) is 4.53. The lowest BCUT2D eigenvalue weighted by Gasteiger charge is -2.32. The van der Waals surface area contributed by atoms with E-state index >= 15 is 0 Å². The molecule has 1 saturated carbocycles. The molecule has 3 nitrogen and oxygen atoms in total. The second-order valence-electron chi connectivity index (χ2n) is 5.96. The predicted molar refractivity (Wildman–Crippen MR) is 80.9 cm³/mol. The smallest absolute Gasteiger partial charge is 0.120 e. The molecule has 2 aliphatic rings. The zero-order chi connectivity index (χ0) is 14.0. The molecule has 1 aromatic carbocycles. The molecule has 20 heavy (non-hydrogen) atoms. The zero-order valence-electron chi connectivity index (χ0n) is 11.6. The van der Waals surface area contributed by atoms with E-state index in [0.29, 0.717) is 12.5 Å². The number of aliphatic hydroxyl groups is 1. The highest BCUT2D eigenvalue weighted by molar-refractivity contribution is 9.10. The van der Waals surface area contributed by atoms with Gasteiger partial charge in [0.25, 0.3) is 0 Å². The Balaban J connectivity index is 1.58. The van der Waals surface area contributed by atoms with E-state index in [9.17, 15) is 5.11 Å². The first-order chi connectivity index (χ1) is 9.73. The predicted octanol–water partition coefficient (Wildman–Crippen LogP) is 3.40. The van der Waals surface area contributed by atoms with Gasteiger partial charge in [-0.3, -0.25) is 0 Å². The van der Waals surface area contributed by atoms with Crippen LogP contribution in [0.2, 0.25) is 0 Å². The topological polar surface area (TPSA) is 38.7 Å². The number of rotatable bonds is 6. The van der Waals surface area contributed by atoms with Crippen LogP contribution in [0.15, 0.2) is 28.7 Å². The van der Waals surface area contributed by atoms with E-state index in [1.165, 1.54) is 12.8 Å². The van der Waals surface area contributed by atoms with Crippen molar-refractivity contribution in [3.8, 4) is 5.75 Å². The third kappa shape index (κ3) is 3.02. The van der Waals surface area contributed by atoms with Crippen molar-refractivity contribution in [3.63, 3.8) is 0 Å². The first-order valence-electron chi connectivity index (χ1n) is 7.34. The number of hydrogen-bond acceptors (Lipinski definition) is 3. The van der Waals surface area contributed by atoms with Gasteiger partial charge in [0, 0.05) is 16.5 Å². The Morgan fingerprint density at radius 3 is 2.95 bits per heavy atom. The largest absolute Gasteiger partial charge is 0.494 e. The molecule has 1 N–H and O–H groups in total. The number of benzene rings is 1. The van der Waals surface area contributed by atoms with E-state index in [1.54, 1.807) is 0 Å². The molecule has 2 unspecified atom stereocenters. The van der Waals surface area contributed by atoms with Crippen LogP contribution in [0.4, 0.5) is 0 Å². The Bertz CT molecular complexity index is 461. The van der Waals surface area contributed by atoms with Crippen LogP contribution < -0.4 is 4.74 Å². The summed E-state index contributed by atoms with van der Waals surface area (Å²) in [5.74, 6) is 1.53. The summed E-state index contributed by atoms with van der Waals surface area (Å²) < 4.78 is 12.7. The Hall–Kier alpha value is -0.580. The molecule has 110 valence electrons. The molecule has 0 amide bonds. The molecular formula is C16H21BrO3. The summed E-state index contributed by atoms with van der Waals surface area (Å²) in [5.41, 5.74) is -0.0901. The average Bonchev–Trinajstić information content (AvgIpc) is 3.20. The highest BCUT2D eigenvalue weighted by atomic mass is 79.9. The van der Waals surface area contributed by atoms with Gasteiger partial charge in [-0.25, -0.2) is 0 Å². The summed E-state index contributed by atoms with van der Waals surface area (Å²) >= 11 is 3.44. The number of ether oxygens (including phenoxy) is 2. The summed E-state index contributed by atoms with van der Waals surface area (Å²) in [7, 11) is 0. The maximum absolute atomic E-state index is 9.86. The van der Waals surface area contributed by atoms with E-state index in [0.717, 1.165) is 29.7 Å². The normalized spacial score (nSPS) is 29.6. The van der Waals surface area contributed by atoms with Crippen molar-refractivity contribution in [1.82, 2.24) is 0 Å². The molecule has 1 saturated heterocycles. The fraction of sp³-hybridized carbons (Fsp3) is 0.625. The molecule has 1 aromatic rings. The zero-order valence-corrected chi connectivity index (χ0v) is 13.1. The summed E-state index contributed by atoms with van der Waals surface area (Å²) in [6.45, 7) is 1.61. The van der Waals surface area contributed by atoms with Gasteiger partial charge in [-0.1, -0.05) is 22.0 Å². The van der Waals surface area contributed by atoms with Gasteiger partial charge in [0.1, 0.15) is 5.75 Å². The van der Waals surface area contributed by atoms with E-state index in [4.69, 9.17) is 9.47 Å². The third-order valence-corrected chi connectivity index (χ3v) is 5.02. The van der Waals surface area contributed by atoms with E-state index in [1.807, 2.05) is 24.3 Å². The van der Waals surface area contributed by atoms with Crippen molar-refractivity contribution in [2.24, 2.45) is 11.3 Å². The van der Waals surface area contributed by atoms with Gasteiger partial charge in [-0.15, -0.1) is 0 Å². The van der Waals surface area contributed by atoms with Crippen LogP contribution in [0.5, 0.6) is 5.75 Å². The van der Waals surface area contributed by atoms with Crippen molar-refractivity contribution >= 4 is 15.9 Å². The van der Waals surface area contributed by atoms with Crippen LogP contribution in [0, 0.1) is 11.3 Å². The summed E-state index contributed by atoms with van der Waals surface area (Å²) in [5, 5.41) is 9.86. The summed E-state index contributed by atoms with van der Waals surface area (Å²) in [6.07, 6.45) is 4.54. The number of halogens is 1. The second-order valence-corrected chi connectivity index (χ2v) is 6.87. The van der Waals surface area contributed by atoms with Crippen LogP contribution in [-0.2, 0) is 4.74 Å². The lowest BCUT2D eigenvalue weighted by molar-refractivity contribution is -0.0105. The fourth-order valence-corrected chi connectivity index (χ4v) is 3.57. The highest BCUT2D eigenvalue weighted by Gasteiger charge is 2.50. The Morgan fingerprint density at radius 2 is 2.25 bits per heavy atom.